The van der Waals surface area contributed by atoms with Gasteiger partial charge in [-0.1, -0.05) is 106 Å². The molecule has 0 aromatic heterocycles. The Kier molecular flexibility index (Phi) is 87.8. The fourth-order valence-corrected chi connectivity index (χ4v) is 0.385. The maximum absolute atomic E-state index is 2.12. The SMILES string of the molecule is C.C.CC.CCC.CCC.c1ccccc1. The van der Waals surface area contributed by atoms with Crippen LogP contribution in [0.4, 0.5) is 0 Å². The summed E-state index contributed by atoms with van der Waals surface area (Å²) >= 11 is 0. The molecule has 0 saturated heterocycles. The molecule has 0 heterocycles. The zero-order valence-corrected chi connectivity index (χ0v) is 10.9. The van der Waals surface area contributed by atoms with E-state index in [0.29, 0.717) is 0 Å². The molecular weight excluding hydrogens is 192 g/mol. The minimum absolute atomic E-state index is 0. The average molecular weight is 228 g/mol. The lowest BCUT2D eigenvalue weighted by Crippen LogP contribution is -1.47. The van der Waals surface area contributed by atoms with Crippen LogP contribution in [0.3, 0.4) is 0 Å². The predicted molar refractivity (Wildman–Crippen MR) is 83.2 cm³/mol. The highest BCUT2D eigenvalue weighted by molar-refractivity contribution is 4.99. The third-order valence-electron chi connectivity index (χ3n) is 0.667. The van der Waals surface area contributed by atoms with Crippen LogP contribution in [0.5, 0.6) is 0 Å². The molecule has 0 saturated carbocycles. The molecule has 1 rings (SSSR count). The molecule has 1 aromatic carbocycles. The molecule has 0 aliphatic heterocycles. The van der Waals surface area contributed by atoms with Crippen molar-refractivity contribution in [1.29, 1.82) is 0 Å². The van der Waals surface area contributed by atoms with Gasteiger partial charge in [-0.3, -0.25) is 0 Å². The first-order valence-corrected chi connectivity index (χ1v) is 5.83. The predicted octanol–water partition coefficient (Wildman–Crippen LogP) is 6.82. The fraction of sp³-hybridized carbons (Fsp3) is 0.625. The smallest absolute Gasteiger partial charge is 0.0590 e. The van der Waals surface area contributed by atoms with E-state index in [0.717, 1.165) is 0 Å². The van der Waals surface area contributed by atoms with Crippen molar-refractivity contribution in [3.8, 4) is 0 Å². The second kappa shape index (κ2) is 47.7. The Hall–Kier alpha value is -0.780. The summed E-state index contributed by atoms with van der Waals surface area (Å²) in [6.07, 6.45) is 2.50. The van der Waals surface area contributed by atoms with Crippen molar-refractivity contribution in [3.63, 3.8) is 0 Å². The van der Waals surface area contributed by atoms with Crippen molar-refractivity contribution in [3.05, 3.63) is 36.4 Å². The zero-order chi connectivity index (χ0) is 11.7. The van der Waals surface area contributed by atoms with Gasteiger partial charge in [0.15, 0.2) is 0 Å². The Bertz CT molecular complexity index is 92.0. The van der Waals surface area contributed by atoms with Gasteiger partial charge in [0.05, 0.1) is 0 Å². The molecule has 0 spiro atoms. The Labute approximate surface area is 106 Å². The van der Waals surface area contributed by atoms with E-state index in [1.807, 2.05) is 50.2 Å². The number of benzene rings is 1. The first-order chi connectivity index (χ1) is 6.83. The third-order valence-corrected chi connectivity index (χ3v) is 0.667. The number of hydrogen-bond donors (Lipinski definition) is 0. The molecule has 0 atom stereocenters. The maximum atomic E-state index is 2.12. The van der Waals surface area contributed by atoms with Gasteiger partial charge in [-0.25, -0.2) is 0 Å². The van der Waals surface area contributed by atoms with Crippen LogP contribution in [0.2, 0.25) is 0 Å². The second-order valence-corrected chi connectivity index (χ2v) is 2.57. The first kappa shape index (κ1) is 29.5. The summed E-state index contributed by atoms with van der Waals surface area (Å²) in [6, 6.07) is 12.0. The summed E-state index contributed by atoms with van der Waals surface area (Å²) in [4.78, 5) is 0. The van der Waals surface area contributed by atoms with Crippen molar-refractivity contribution >= 4 is 0 Å². The van der Waals surface area contributed by atoms with Gasteiger partial charge in [-0.2, -0.15) is 0 Å². The normalized spacial score (nSPS) is 5.62. The van der Waals surface area contributed by atoms with Crippen molar-refractivity contribution in [2.24, 2.45) is 0 Å². The minimum Gasteiger partial charge on any atom is -0.0776 e. The molecule has 0 N–H and O–H groups in total. The van der Waals surface area contributed by atoms with Gasteiger partial charge in [0, 0.05) is 0 Å². The highest BCUT2D eigenvalue weighted by atomic mass is 13.6. The quantitative estimate of drug-likeness (QED) is 0.457. The Morgan fingerprint density at radius 2 is 0.562 bits per heavy atom. The fourth-order valence-electron chi connectivity index (χ4n) is 0.385. The number of rotatable bonds is 0. The first-order valence-electron chi connectivity index (χ1n) is 5.83. The molecule has 0 bridgehead atoms. The topological polar surface area (TPSA) is 0 Å². The van der Waals surface area contributed by atoms with Gasteiger partial charge < -0.3 is 0 Å². The van der Waals surface area contributed by atoms with Gasteiger partial charge >= 0.3 is 0 Å². The molecule has 16 heavy (non-hydrogen) atoms. The van der Waals surface area contributed by atoms with E-state index in [4.69, 9.17) is 0 Å². The number of hydrogen-bond acceptors (Lipinski definition) is 0. The van der Waals surface area contributed by atoms with Crippen molar-refractivity contribution < 1.29 is 0 Å². The summed E-state index contributed by atoms with van der Waals surface area (Å²) in [5, 5.41) is 0. The molecule has 0 aliphatic rings. The van der Waals surface area contributed by atoms with Gasteiger partial charge in [-0.05, 0) is 0 Å². The molecular formula is C16H36. The van der Waals surface area contributed by atoms with E-state index in [2.05, 4.69) is 27.7 Å². The van der Waals surface area contributed by atoms with E-state index in [1.54, 1.807) is 0 Å². The lowest BCUT2D eigenvalue weighted by atomic mass is 10.4. The van der Waals surface area contributed by atoms with E-state index >= 15 is 0 Å². The molecule has 100 valence electrons. The van der Waals surface area contributed by atoms with Crippen LogP contribution >= 0.6 is 0 Å². The molecule has 0 aliphatic carbocycles. The maximum Gasteiger partial charge on any atom is -0.0590 e. The third kappa shape index (κ3) is 72.4. The largest absolute Gasteiger partial charge is 0.0776 e. The molecule has 0 heteroatoms. The van der Waals surface area contributed by atoms with E-state index in [1.165, 1.54) is 12.8 Å². The molecule has 1 aromatic rings. The van der Waals surface area contributed by atoms with Crippen LogP contribution in [0.25, 0.3) is 0 Å². The van der Waals surface area contributed by atoms with Gasteiger partial charge in [-0.15, -0.1) is 0 Å². The molecule has 0 radical (unpaired) electrons. The Morgan fingerprint density at radius 3 is 0.625 bits per heavy atom. The highest BCUT2D eigenvalue weighted by Gasteiger charge is 1.57. The average Bonchev–Trinajstić information content (AvgIpc) is 2.26. The van der Waals surface area contributed by atoms with Gasteiger partial charge in [0.25, 0.3) is 0 Å². The Balaban J connectivity index is -0.0000000359. The molecule has 0 fully saturated rings. The molecule has 0 amide bonds. The zero-order valence-electron chi connectivity index (χ0n) is 10.9. The summed E-state index contributed by atoms with van der Waals surface area (Å²) in [7, 11) is 0. The summed E-state index contributed by atoms with van der Waals surface area (Å²) in [6.45, 7) is 12.5. The summed E-state index contributed by atoms with van der Waals surface area (Å²) in [5.74, 6) is 0. The van der Waals surface area contributed by atoms with Crippen LogP contribution in [-0.4, -0.2) is 0 Å². The Morgan fingerprint density at radius 1 is 0.500 bits per heavy atom. The summed E-state index contributed by atoms with van der Waals surface area (Å²) in [5.41, 5.74) is 0. The van der Waals surface area contributed by atoms with E-state index < -0.39 is 0 Å². The minimum atomic E-state index is 0. The van der Waals surface area contributed by atoms with Crippen LogP contribution in [0, 0.1) is 0 Å². The summed E-state index contributed by atoms with van der Waals surface area (Å²) < 4.78 is 0. The highest BCUT2D eigenvalue weighted by Crippen LogP contribution is 1.79. The van der Waals surface area contributed by atoms with Crippen molar-refractivity contribution in [1.82, 2.24) is 0 Å². The lowest BCUT2D eigenvalue weighted by molar-refractivity contribution is 1.09. The van der Waals surface area contributed by atoms with E-state index in [-0.39, 0.29) is 14.9 Å². The monoisotopic (exact) mass is 228 g/mol. The van der Waals surface area contributed by atoms with Gasteiger partial charge in [0.2, 0.25) is 0 Å². The van der Waals surface area contributed by atoms with Crippen LogP contribution < -0.4 is 0 Å². The van der Waals surface area contributed by atoms with Crippen molar-refractivity contribution in [2.75, 3.05) is 0 Å². The van der Waals surface area contributed by atoms with E-state index in [9.17, 15) is 0 Å². The lowest BCUT2D eigenvalue weighted by Gasteiger charge is -1.69. The van der Waals surface area contributed by atoms with Crippen molar-refractivity contribution in [2.45, 2.75) is 69.2 Å². The van der Waals surface area contributed by atoms with Crippen LogP contribution in [-0.2, 0) is 0 Å². The molecule has 0 unspecified atom stereocenters. The van der Waals surface area contributed by atoms with Crippen LogP contribution in [0.15, 0.2) is 36.4 Å². The standard InChI is InChI=1S/C6H6.2C3H8.C2H6.2CH4/c1-2-4-6-5-3-1;2*1-3-2;1-2;;/h1-6H;2*3H2,1-2H3;1-2H3;2*1H4. The molecule has 0 nitrogen and oxygen atoms in total. The van der Waals surface area contributed by atoms with Crippen LogP contribution in [0.1, 0.15) is 69.2 Å². The second-order valence-electron chi connectivity index (χ2n) is 2.57. The van der Waals surface area contributed by atoms with Gasteiger partial charge in [0.1, 0.15) is 0 Å².